The zero-order valence-electron chi connectivity index (χ0n) is 23.2. The average molecular weight is 583 g/mol. The number of anilines is 2. The number of pyridine rings is 1. The van der Waals surface area contributed by atoms with Crippen molar-refractivity contribution in [1.82, 2.24) is 9.47 Å². The van der Waals surface area contributed by atoms with Gasteiger partial charge >= 0.3 is 11.9 Å². The zero-order chi connectivity index (χ0) is 30.6. The van der Waals surface area contributed by atoms with Crippen molar-refractivity contribution in [3.63, 3.8) is 0 Å². The molecule has 0 radical (unpaired) electrons. The van der Waals surface area contributed by atoms with Crippen molar-refractivity contribution in [3.8, 4) is 5.75 Å². The number of piperazine rings is 1. The molecule has 13 heteroatoms. The van der Waals surface area contributed by atoms with Crippen molar-refractivity contribution >= 4 is 46.0 Å². The van der Waals surface area contributed by atoms with Gasteiger partial charge in [0.1, 0.15) is 22.7 Å². The molecule has 0 spiro atoms. The maximum atomic E-state index is 15.1. The highest BCUT2D eigenvalue weighted by Gasteiger charge is 2.25. The molecule has 4 rings (SSSR count). The summed E-state index contributed by atoms with van der Waals surface area (Å²) < 4.78 is 21.6. The van der Waals surface area contributed by atoms with E-state index in [1.165, 1.54) is 30.5 Å². The molecule has 1 aromatic heterocycles. The Hall–Kier alpha value is -4.94. The van der Waals surface area contributed by atoms with Crippen LogP contribution < -0.4 is 15.6 Å². The van der Waals surface area contributed by atoms with Gasteiger partial charge in [0.2, 0.25) is 17.2 Å². The van der Waals surface area contributed by atoms with Gasteiger partial charge in [-0.1, -0.05) is 0 Å². The number of rotatable bonds is 9. The summed E-state index contributed by atoms with van der Waals surface area (Å²) >= 11 is 0. The molecule has 0 unspecified atom stereocenters. The van der Waals surface area contributed by atoms with Gasteiger partial charge < -0.3 is 34.6 Å². The van der Waals surface area contributed by atoms with E-state index in [1.54, 1.807) is 28.2 Å². The minimum absolute atomic E-state index is 0.0183. The van der Waals surface area contributed by atoms with Crippen LogP contribution in [-0.2, 0) is 20.9 Å². The maximum Gasteiger partial charge on any atom is 0.341 e. The number of carboxylic acid groups (broad SMARTS) is 1. The molecule has 12 nitrogen and oxygen atoms in total. The molecule has 3 aromatic rings. The van der Waals surface area contributed by atoms with Crippen molar-refractivity contribution in [1.29, 1.82) is 0 Å². The summed E-state index contributed by atoms with van der Waals surface area (Å²) in [7, 11) is 0. The second kappa shape index (κ2) is 12.7. The molecule has 3 N–H and O–H groups in total. The second-order valence-electron chi connectivity index (χ2n) is 9.65. The Morgan fingerprint density at radius 3 is 2.33 bits per heavy atom. The molecule has 1 saturated heterocycles. The van der Waals surface area contributed by atoms with Gasteiger partial charge in [0.25, 0.3) is 0 Å². The largest absolute Gasteiger partial charge is 0.507 e. The molecule has 0 saturated carbocycles. The monoisotopic (exact) mass is 582 g/mol. The zero-order valence-corrected chi connectivity index (χ0v) is 23.2. The lowest BCUT2D eigenvalue weighted by molar-refractivity contribution is -0.133. The van der Waals surface area contributed by atoms with Gasteiger partial charge in [-0.2, -0.15) is 0 Å². The number of phenolic OH excluding ortho intramolecular Hbond substituents is 1. The fraction of sp³-hybridized carbons (Fsp3) is 0.345. The summed E-state index contributed by atoms with van der Waals surface area (Å²) in [5.74, 6) is -3.76. The van der Waals surface area contributed by atoms with E-state index in [1.807, 2.05) is 0 Å². The topological polar surface area (TPSA) is 158 Å². The highest BCUT2D eigenvalue weighted by atomic mass is 19.1. The molecular formula is C29H31FN4O8. The molecular weight excluding hydrogens is 551 g/mol. The van der Waals surface area contributed by atoms with E-state index in [-0.39, 0.29) is 53.4 Å². The number of esters is 1. The number of aromatic nitrogens is 1. The quantitative estimate of drug-likeness (QED) is 0.323. The SMILES string of the molecule is CCOC(=O)c1ccc(NC(=O)CCC(=O)N2CCN(c3cc4c(cc3F)c(=O)c(C(=O)O)cn4CC)CC2)cc1O. The van der Waals surface area contributed by atoms with Crippen molar-refractivity contribution in [3.05, 3.63) is 63.7 Å². The first-order valence-electron chi connectivity index (χ1n) is 13.5. The Morgan fingerprint density at radius 2 is 1.71 bits per heavy atom. The van der Waals surface area contributed by atoms with Crippen LogP contribution in [0.15, 0.2) is 41.3 Å². The highest BCUT2D eigenvalue weighted by molar-refractivity contribution is 5.96. The van der Waals surface area contributed by atoms with E-state index in [4.69, 9.17) is 4.74 Å². The molecule has 222 valence electrons. The number of phenols is 1. The average Bonchev–Trinajstić information content (AvgIpc) is 2.96. The van der Waals surface area contributed by atoms with Gasteiger partial charge in [0, 0.05) is 68.9 Å². The molecule has 2 heterocycles. The van der Waals surface area contributed by atoms with Crippen LogP contribution in [0.25, 0.3) is 10.9 Å². The number of carbonyl (C=O) groups excluding carboxylic acids is 3. The first-order chi connectivity index (χ1) is 20.0. The highest BCUT2D eigenvalue weighted by Crippen LogP contribution is 2.27. The van der Waals surface area contributed by atoms with Gasteiger partial charge in [-0.3, -0.25) is 14.4 Å². The number of ether oxygens (including phenoxy) is 1. The number of aryl methyl sites for hydroxylation is 1. The van der Waals surface area contributed by atoms with E-state index in [2.05, 4.69) is 5.32 Å². The Bertz CT molecular complexity index is 1610. The summed E-state index contributed by atoms with van der Waals surface area (Å²) in [5.41, 5.74) is -0.287. The number of halogens is 1. The van der Waals surface area contributed by atoms with E-state index in [9.17, 15) is 34.2 Å². The first-order valence-corrected chi connectivity index (χ1v) is 13.5. The second-order valence-corrected chi connectivity index (χ2v) is 9.65. The van der Waals surface area contributed by atoms with Crippen molar-refractivity contribution in [2.24, 2.45) is 0 Å². The van der Waals surface area contributed by atoms with Crippen LogP contribution in [0.4, 0.5) is 15.8 Å². The third kappa shape index (κ3) is 6.35. The summed E-state index contributed by atoms with van der Waals surface area (Å²) in [6.45, 7) is 5.17. The van der Waals surface area contributed by atoms with E-state index in [0.29, 0.717) is 38.2 Å². The predicted molar refractivity (Wildman–Crippen MR) is 152 cm³/mol. The molecule has 42 heavy (non-hydrogen) atoms. The lowest BCUT2D eigenvalue weighted by atomic mass is 10.1. The van der Waals surface area contributed by atoms with Crippen LogP contribution in [0.2, 0.25) is 0 Å². The van der Waals surface area contributed by atoms with Gasteiger partial charge in [0.15, 0.2) is 0 Å². The number of carboxylic acids is 1. The minimum atomic E-state index is -1.38. The van der Waals surface area contributed by atoms with Crippen molar-refractivity contribution < 1.29 is 38.5 Å². The van der Waals surface area contributed by atoms with Gasteiger partial charge in [-0.25, -0.2) is 14.0 Å². The van der Waals surface area contributed by atoms with Crippen molar-refractivity contribution in [2.75, 3.05) is 43.0 Å². The summed E-state index contributed by atoms with van der Waals surface area (Å²) in [4.78, 5) is 64.4. The lowest BCUT2D eigenvalue weighted by Crippen LogP contribution is -2.49. The number of benzene rings is 2. The van der Waals surface area contributed by atoms with Gasteiger partial charge in [0.05, 0.1) is 17.8 Å². The smallest absolute Gasteiger partial charge is 0.341 e. The lowest BCUT2D eigenvalue weighted by Gasteiger charge is -2.36. The van der Waals surface area contributed by atoms with Gasteiger partial charge in [-0.05, 0) is 38.1 Å². The number of hydrogen-bond acceptors (Lipinski definition) is 8. The third-order valence-corrected chi connectivity index (χ3v) is 7.04. The Labute approximate surface area is 239 Å². The number of amides is 2. The molecule has 1 aliphatic heterocycles. The fourth-order valence-corrected chi connectivity index (χ4v) is 4.85. The minimum Gasteiger partial charge on any atom is -0.507 e. The molecule has 0 aliphatic carbocycles. The number of hydrogen-bond donors (Lipinski definition) is 3. The van der Waals surface area contributed by atoms with Crippen LogP contribution in [0, 0.1) is 5.82 Å². The number of nitrogens with one attached hydrogen (secondary N) is 1. The van der Waals surface area contributed by atoms with Crippen LogP contribution >= 0.6 is 0 Å². The van der Waals surface area contributed by atoms with Crippen LogP contribution in [0.5, 0.6) is 5.75 Å². The normalized spacial score (nSPS) is 13.2. The number of carbonyl (C=O) groups is 4. The van der Waals surface area contributed by atoms with Gasteiger partial charge in [-0.15, -0.1) is 0 Å². The van der Waals surface area contributed by atoms with E-state index >= 15 is 4.39 Å². The molecule has 0 atom stereocenters. The Kier molecular flexibility index (Phi) is 9.09. The molecule has 2 aromatic carbocycles. The first kappa shape index (κ1) is 30.0. The third-order valence-electron chi connectivity index (χ3n) is 7.04. The predicted octanol–water partition coefficient (Wildman–Crippen LogP) is 2.81. The maximum absolute atomic E-state index is 15.1. The molecule has 0 bridgehead atoms. The van der Waals surface area contributed by atoms with Crippen LogP contribution in [0.1, 0.15) is 47.4 Å². The number of aromatic carboxylic acids is 1. The summed E-state index contributed by atoms with van der Waals surface area (Å²) in [5, 5.41) is 22.0. The Morgan fingerprint density at radius 1 is 1.00 bits per heavy atom. The summed E-state index contributed by atoms with van der Waals surface area (Å²) in [6.07, 6.45) is 1.09. The van der Waals surface area contributed by atoms with Crippen LogP contribution in [0.3, 0.4) is 0 Å². The number of aromatic hydroxyl groups is 1. The molecule has 1 aliphatic rings. The Balaban J connectivity index is 1.35. The summed E-state index contributed by atoms with van der Waals surface area (Å²) in [6, 6.07) is 6.59. The molecule has 2 amide bonds. The van der Waals surface area contributed by atoms with E-state index in [0.717, 1.165) is 6.07 Å². The number of nitrogens with zero attached hydrogens (tertiary/aromatic N) is 3. The van der Waals surface area contributed by atoms with Crippen LogP contribution in [-0.4, -0.2) is 76.2 Å². The van der Waals surface area contributed by atoms with E-state index < -0.39 is 34.7 Å². The molecule has 1 fully saturated rings. The standard InChI is InChI=1S/C29H31FN4O8/c1-3-32-16-20(28(39)40)27(38)19-14-21(30)23(15-22(19)32)33-9-11-34(12-10-33)26(37)8-7-25(36)31-17-5-6-18(24(35)13-17)29(41)42-4-2/h5-6,13-16,35H,3-4,7-12H2,1-2H3,(H,31,36)(H,39,40). The fourth-order valence-electron chi connectivity index (χ4n) is 4.85. The number of fused-ring (bicyclic) bond motifs is 1. The van der Waals surface area contributed by atoms with Crippen molar-refractivity contribution in [2.45, 2.75) is 33.2 Å².